The average molecular weight is 489 g/mol. The maximum Gasteiger partial charge on any atom is 0.170 e. The molecule has 1 fully saturated rings. The van der Waals surface area contributed by atoms with Gasteiger partial charge < -0.3 is 19.5 Å². The summed E-state index contributed by atoms with van der Waals surface area (Å²) in [5.41, 5.74) is 5.32. The van der Waals surface area contributed by atoms with E-state index in [4.69, 9.17) is 28.6 Å². The van der Waals surface area contributed by atoms with E-state index in [2.05, 4.69) is 56.3 Å². The maximum absolute atomic E-state index is 6.30. The summed E-state index contributed by atoms with van der Waals surface area (Å²) in [6.45, 7) is 2.68. The van der Waals surface area contributed by atoms with Crippen LogP contribution in [-0.2, 0) is 6.54 Å². The molecule has 2 aromatic carbocycles. The van der Waals surface area contributed by atoms with Gasteiger partial charge in [0.1, 0.15) is 5.75 Å². The van der Waals surface area contributed by atoms with E-state index in [0.717, 1.165) is 39.0 Å². The van der Waals surface area contributed by atoms with Gasteiger partial charge in [0.2, 0.25) is 0 Å². The van der Waals surface area contributed by atoms with Crippen molar-refractivity contribution in [1.82, 2.24) is 19.8 Å². The first-order valence-corrected chi connectivity index (χ1v) is 11.9. The van der Waals surface area contributed by atoms with E-state index < -0.39 is 0 Å². The van der Waals surface area contributed by atoms with Gasteiger partial charge in [-0.3, -0.25) is 4.98 Å². The van der Waals surface area contributed by atoms with Crippen molar-refractivity contribution in [1.29, 1.82) is 0 Å². The second kappa shape index (κ2) is 9.49. The summed E-state index contributed by atoms with van der Waals surface area (Å²) in [5, 5.41) is 5.00. The lowest BCUT2D eigenvalue weighted by Gasteiger charge is -2.29. The summed E-state index contributed by atoms with van der Waals surface area (Å²) in [7, 11) is 1.68. The largest absolute Gasteiger partial charge is 0.497 e. The third-order valence-corrected chi connectivity index (χ3v) is 6.99. The van der Waals surface area contributed by atoms with Gasteiger partial charge in [0.25, 0.3) is 0 Å². The SMILES string of the molecule is COc1ccc(CN2C(=S)N[C@@H](c3ccccn3)[C@H]2c2cccn2-c2ccc(Cl)c(C)c2)cc1. The van der Waals surface area contributed by atoms with Crippen molar-refractivity contribution in [3.8, 4) is 11.4 Å². The Labute approximate surface area is 210 Å². The Morgan fingerprint density at radius 3 is 2.59 bits per heavy atom. The first-order chi connectivity index (χ1) is 16.5. The van der Waals surface area contributed by atoms with Crippen LogP contribution in [0.4, 0.5) is 0 Å². The van der Waals surface area contributed by atoms with E-state index in [1.165, 1.54) is 0 Å². The number of aryl methyl sites for hydroxylation is 1. The third kappa shape index (κ3) is 4.27. The zero-order valence-corrected chi connectivity index (χ0v) is 20.6. The van der Waals surface area contributed by atoms with Crippen molar-refractivity contribution < 1.29 is 4.74 Å². The first kappa shape index (κ1) is 22.4. The van der Waals surface area contributed by atoms with Crippen LogP contribution >= 0.6 is 23.8 Å². The molecule has 7 heteroatoms. The quantitative estimate of drug-likeness (QED) is 0.336. The zero-order valence-electron chi connectivity index (χ0n) is 19.0. The van der Waals surface area contributed by atoms with Crippen molar-refractivity contribution in [2.75, 3.05) is 7.11 Å². The van der Waals surface area contributed by atoms with E-state index in [-0.39, 0.29) is 12.1 Å². The first-order valence-electron chi connectivity index (χ1n) is 11.1. The number of thiocarbonyl (C=S) groups is 1. The molecule has 0 spiro atoms. The summed E-state index contributed by atoms with van der Waals surface area (Å²) in [6.07, 6.45) is 3.91. The molecule has 0 saturated carbocycles. The third-order valence-electron chi connectivity index (χ3n) is 6.21. The Hall–Kier alpha value is -3.35. The molecule has 1 N–H and O–H groups in total. The van der Waals surface area contributed by atoms with Crippen LogP contribution in [0.1, 0.15) is 34.6 Å². The number of nitrogens with zero attached hydrogens (tertiary/aromatic N) is 3. The van der Waals surface area contributed by atoms with Crippen LogP contribution < -0.4 is 10.1 Å². The molecule has 0 aliphatic carbocycles. The molecule has 172 valence electrons. The van der Waals surface area contributed by atoms with Crippen LogP contribution in [0.15, 0.2) is 85.2 Å². The smallest absolute Gasteiger partial charge is 0.170 e. The number of hydrogen-bond donors (Lipinski definition) is 1. The minimum atomic E-state index is -0.0889. The monoisotopic (exact) mass is 488 g/mol. The van der Waals surface area contributed by atoms with Gasteiger partial charge in [0.15, 0.2) is 5.11 Å². The Morgan fingerprint density at radius 1 is 1.06 bits per heavy atom. The second-order valence-corrected chi connectivity index (χ2v) is 9.13. The molecule has 2 atom stereocenters. The fourth-order valence-electron chi connectivity index (χ4n) is 4.47. The molecule has 1 aliphatic heterocycles. The molecule has 1 saturated heterocycles. The summed E-state index contributed by atoms with van der Waals surface area (Å²) < 4.78 is 7.53. The Morgan fingerprint density at radius 2 is 1.88 bits per heavy atom. The Balaban J connectivity index is 1.58. The average Bonchev–Trinajstić information content (AvgIpc) is 3.46. The van der Waals surface area contributed by atoms with Gasteiger partial charge in [-0.2, -0.15) is 0 Å². The number of methoxy groups -OCH3 is 1. The van der Waals surface area contributed by atoms with Crippen LogP contribution in [0.5, 0.6) is 5.75 Å². The predicted octanol–water partition coefficient (Wildman–Crippen LogP) is 6.02. The van der Waals surface area contributed by atoms with Gasteiger partial charge in [-0.15, -0.1) is 0 Å². The van der Waals surface area contributed by atoms with Gasteiger partial charge in [-0.1, -0.05) is 29.8 Å². The molecule has 1 aliphatic rings. The van der Waals surface area contributed by atoms with E-state index >= 15 is 0 Å². The van der Waals surface area contributed by atoms with Gasteiger partial charge in [-0.05, 0) is 84.9 Å². The maximum atomic E-state index is 6.30. The van der Waals surface area contributed by atoms with Crippen molar-refractivity contribution in [3.05, 3.63) is 113 Å². The minimum absolute atomic E-state index is 0.0597. The molecule has 2 aromatic heterocycles. The lowest BCUT2D eigenvalue weighted by atomic mass is 10.0. The lowest BCUT2D eigenvalue weighted by Crippen LogP contribution is -2.30. The van der Waals surface area contributed by atoms with Crippen LogP contribution in [-0.4, -0.2) is 26.7 Å². The zero-order chi connectivity index (χ0) is 23.7. The molecule has 4 aromatic rings. The Bertz CT molecular complexity index is 1310. The van der Waals surface area contributed by atoms with Crippen molar-refractivity contribution in [3.63, 3.8) is 0 Å². The van der Waals surface area contributed by atoms with Gasteiger partial charge in [0, 0.05) is 35.3 Å². The predicted molar refractivity (Wildman–Crippen MR) is 140 cm³/mol. The van der Waals surface area contributed by atoms with Gasteiger partial charge >= 0.3 is 0 Å². The van der Waals surface area contributed by atoms with Gasteiger partial charge in [0.05, 0.1) is 24.9 Å². The summed E-state index contributed by atoms with van der Waals surface area (Å²) >= 11 is 12.2. The topological polar surface area (TPSA) is 42.3 Å². The number of rotatable bonds is 6. The minimum Gasteiger partial charge on any atom is -0.497 e. The number of hydrogen-bond acceptors (Lipinski definition) is 3. The number of halogens is 1. The molecule has 5 rings (SSSR count). The van der Waals surface area contributed by atoms with Crippen LogP contribution in [0.25, 0.3) is 5.69 Å². The van der Waals surface area contributed by atoms with Crippen LogP contribution in [0, 0.1) is 6.92 Å². The molecule has 0 radical (unpaired) electrons. The number of pyridine rings is 1. The molecule has 0 unspecified atom stereocenters. The highest BCUT2D eigenvalue weighted by atomic mass is 35.5. The van der Waals surface area contributed by atoms with Crippen molar-refractivity contribution >= 4 is 28.9 Å². The highest BCUT2D eigenvalue weighted by molar-refractivity contribution is 7.80. The van der Waals surface area contributed by atoms with Gasteiger partial charge in [-0.25, -0.2) is 0 Å². The number of aromatic nitrogens is 2. The van der Waals surface area contributed by atoms with Crippen molar-refractivity contribution in [2.45, 2.75) is 25.6 Å². The fraction of sp³-hybridized carbons (Fsp3) is 0.185. The summed E-state index contributed by atoms with van der Waals surface area (Å²) in [5.74, 6) is 0.834. The molecule has 3 heterocycles. The van der Waals surface area contributed by atoms with Crippen LogP contribution in [0.3, 0.4) is 0 Å². The second-order valence-electron chi connectivity index (χ2n) is 8.34. The molecule has 5 nitrogen and oxygen atoms in total. The summed E-state index contributed by atoms with van der Waals surface area (Å²) in [6, 6.07) is 24.3. The van der Waals surface area contributed by atoms with E-state index in [1.807, 2.05) is 55.6 Å². The highest BCUT2D eigenvalue weighted by Gasteiger charge is 2.41. The summed E-state index contributed by atoms with van der Waals surface area (Å²) in [4.78, 5) is 6.90. The molecular formula is C27H25ClN4OS. The standard InChI is InChI=1S/C27H25ClN4OS/c1-18-16-20(10-13-22(18)28)31-15-5-7-24(31)26-25(23-6-3-4-14-29-23)30-27(34)32(26)17-19-8-11-21(33-2)12-9-19/h3-16,25-26H,17H2,1-2H3,(H,30,34)/t25-,26+/m0/s1. The normalized spacial score (nSPS) is 17.6. The number of ether oxygens (including phenoxy) is 1. The van der Waals surface area contributed by atoms with E-state index in [1.54, 1.807) is 7.11 Å². The molecule has 34 heavy (non-hydrogen) atoms. The fourth-order valence-corrected chi connectivity index (χ4v) is 4.90. The van der Waals surface area contributed by atoms with Crippen molar-refractivity contribution in [2.24, 2.45) is 0 Å². The highest BCUT2D eigenvalue weighted by Crippen LogP contribution is 2.40. The molecule has 0 amide bonds. The number of nitrogens with one attached hydrogen (secondary N) is 1. The van der Waals surface area contributed by atoms with E-state index in [9.17, 15) is 0 Å². The van der Waals surface area contributed by atoms with E-state index in [0.29, 0.717) is 11.7 Å². The lowest BCUT2D eigenvalue weighted by molar-refractivity contribution is 0.302. The van der Waals surface area contributed by atoms with Crippen LogP contribution in [0.2, 0.25) is 5.02 Å². The molecule has 0 bridgehead atoms. The number of benzene rings is 2. The Kier molecular flexibility index (Phi) is 6.26. The molecular weight excluding hydrogens is 464 g/mol.